The van der Waals surface area contributed by atoms with Crippen molar-refractivity contribution >= 4 is 10.0 Å². The molecule has 0 aliphatic heterocycles. The number of nitrogens with one attached hydrogen (secondary N) is 2. The molecule has 108 valence electrons. The van der Waals surface area contributed by atoms with Gasteiger partial charge in [0.2, 0.25) is 10.0 Å². The second kappa shape index (κ2) is 6.15. The molecule has 0 saturated carbocycles. The Morgan fingerprint density at radius 1 is 1.30 bits per heavy atom. The Morgan fingerprint density at radius 2 is 2.10 bits per heavy atom. The molecule has 0 atom stereocenters. The van der Waals surface area contributed by atoms with E-state index in [0.717, 1.165) is 12.1 Å². The summed E-state index contributed by atoms with van der Waals surface area (Å²) in [6, 6.07) is 5.71. The van der Waals surface area contributed by atoms with E-state index >= 15 is 0 Å². The fourth-order valence-corrected chi connectivity index (χ4v) is 3.47. The minimum absolute atomic E-state index is 0.246. The molecule has 0 fully saturated rings. The number of pyridine rings is 1. The lowest BCUT2D eigenvalue weighted by Crippen LogP contribution is -2.26. The Morgan fingerprint density at radius 3 is 2.70 bits per heavy atom. The van der Waals surface area contributed by atoms with Crippen molar-refractivity contribution in [3.8, 4) is 0 Å². The van der Waals surface area contributed by atoms with Crippen molar-refractivity contribution in [3.63, 3.8) is 0 Å². The molecule has 0 radical (unpaired) electrons. The molecule has 2 rings (SSSR count). The van der Waals surface area contributed by atoms with E-state index in [2.05, 4.69) is 19.9 Å². The van der Waals surface area contributed by atoms with Gasteiger partial charge in [0.25, 0.3) is 0 Å². The highest BCUT2D eigenvalue weighted by Gasteiger charge is 2.21. The third kappa shape index (κ3) is 3.43. The molecule has 6 nitrogen and oxygen atoms in total. The molecule has 7 heteroatoms. The average molecular weight is 294 g/mol. The summed E-state index contributed by atoms with van der Waals surface area (Å²) in [6.07, 6.45) is 3.18. The predicted octanol–water partition coefficient (Wildman–Crippen LogP) is 1.33. The van der Waals surface area contributed by atoms with Crippen LogP contribution in [0.3, 0.4) is 0 Å². The Hall–Kier alpha value is -1.73. The van der Waals surface area contributed by atoms with Gasteiger partial charge in [0.05, 0.1) is 11.4 Å². The maximum atomic E-state index is 12.2. The molecule has 2 heterocycles. The number of sulfonamides is 1. The van der Waals surface area contributed by atoms with E-state index in [4.69, 9.17) is 0 Å². The van der Waals surface area contributed by atoms with Crippen LogP contribution in [0, 0.1) is 13.8 Å². The smallest absolute Gasteiger partial charge is 0.244 e. The summed E-state index contributed by atoms with van der Waals surface area (Å²) in [5, 5.41) is 6.58. The van der Waals surface area contributed by atoms with E-state index in [1.807, 2.05) is 18.2 Å². The van der Waals surface area contributed by atoms with Crippen molar-refractivity contribution in [2.75, 3.05) is 6.54 Å². The van der Waals surface area contributed by atoms with Gasteiger partial charge >= 0.3 is 0 Å². The fourth-order valence-electron chi connectivity index (χ4n) is 2.03. The average Bonchev–Trinajstić information content (AvgIpc) is 2.76. The van der Waals surface area contributed by atoms with Crippen LogP contribution in [-0.2, 0) is 16.4 Å². The minimum atomic E-state index is -3.50. The molecule has 0 bridgehead atoms. The third-order valence-electron chi connectivity index (χ3n) is 2.96. The largest absolute Gasteiger partial charge is 0.281 e. The zero-order chi connectivity index (χ0) is 14.6. The molecular weight excluding hydrogens is 276 g/mol. The zero-order valence-corrected chi connectivity index (χ0v) is 12.4. The molecule has 0 spiro atoms. The van der Waals surface area contributed by atoms with Gasteiger partial charge in [-0.15, -0.1) is 0 Å². The molecule has 0 aliphatic carbocycles. The zero-order valence-electron chi connectivity index (χ0n) is 11.5. The lowest BCUT2D eigenvalue weighted by molar-refractivity contribution is 0.577. The Labute approximate surface area is 118 Å². The monoisotopic (exact) mass is 294 g/mol. The molecule has 0 aliphatic rings. The van der Waals surface area contributed by atoms with Crippen LogP contribution in [-0.4, -0.2) is 30.1 Å². The molecule has 2 aromatic heterocycles. The predicted molar refractivity (Wildman–Crippen MR) is 75.8 cm³/mol. The number of rotatable bonds is 6. The SMILES string of the molecule is Cc1n[nH]c(C)c1S(=O)(=O)NCCCc1ccccn1. The molecule has 2 aromatic rings. The molecular formula is C13H18N4O2S. The van der Waals surface area contributed by atoms with Gasteiger partial charge < -0.3 is 0 Å². The van der Waals surface area contributed by atoms with E-state index in [-0.39, 0.29) is 4.90 Å². The maximum absolute atomic E-state index is 12.2. The number of hydrogen-bond acceptors (Lipinski definition) is 4. The number of aryl methyl sites for hydroxylation is 3. The summed E-state index contributed by atoms with van der Waals surface area (Å²) >= 11 is 0. The van der Waals surface area contributed by atoms with E-state index < -0.39 is 10.0 Å². The summed E-state index contributed by atoms with van der Waals surface area (Å²) in [5.41, 5.74) is 2.00. The molecule has 0 unspecified atom stereocenters. The number of nitrogens with zero attached hydrogens (tertiary/aromatic N) is 2. The highest BCUT2D eigenvalue weighted by molar-refractivity contribution is 7.89. The number of aromatic amines is 1. The molecule has 0 amide bonds. The highest BCUT2D eigenvalue weighted by atomic mass is 32.2. The van der Waals surface area contributed by atoms with E-state index in [9.17, 15) is 8.42 Å². The summed E-state index contributed by atoms with van der Waals surface area (Å²) < 4.78 is 26.9. The van der Waals surface area contributed by atoms with E-state index in [1.165, 1.54) is 0 Å². The van der Waals surface area contributed by atoms with E-state index in [0.29, 0.717) is 24.4 Å². The van der Waals surface area contributed by atoms with Gasteiger partial charge in [-0.1, -0.05) is 6.07 Å². The minimum Gasteiger partial charge on any atom is -0.281 e. The fraction of sp³-hybridized carbons (Fsp3) is 0.385. The van der Waals surface area contributed by atoms with Crippen LogP contribution < -0.4 is 4.72 Å². The molecule has 0 aromatic carbocycles. The second-order valence-electron chi connectivity index (χ2n) is 4.59. The van der Waals surface area contributed by atoms with Crippen molar-refractivity contribution in [2.24, 2.45) is 0 Å². The molecule has 20 heavy (non-hydrogen) atoms. The van der Waals surface area contributed by atoms with Gasteiger partial charge in [0.1, 0.15) is 4.90 Å². The van der Waals surface area contributed by atoms with Crippen molar-refractivity contribution in [1.29, 1.82) is 0 Å². The van der Waals surface area contributed by atoms with Gasteiger partial charge in [-0.2, -0.15) is 5.10 Å². The summed E-state index contributed by atoms with van der Waals surface area (Å²) in [5.74, 6) is 0. The Bertz CT molecular complexity index is 645. The first-order valence-electron chi connectivity index (χ1n) is 6.42. The lowest BCUT2D eigenvalue weighted by Gasteiger charge is -2.06. The van der Waals surface area contributed by atoms with Gasteiger partial charge in [-0.25, -0.2) is 13.1 Å². The molecule has 0 saturated heterocycles. The van der Waals surface area contributed by atoms with Gasteiger partial charge in [0, 0.05) is 18.4 Å². The van der Waals surface area contributed by atoms with Crippen LogP contribution >= 0.6 is 0 Å². The van der Waals surface area contributed by atoms with Gasteiger partial charge in [-0.3, -0.25) is 10.1 Å². The van der Waals surface area contributed by atoms with Crippen molar-refractivity contribution < 1.29 is 8.42 Å². The summed E-state index contributed by atoms with van der Waals surface area (Å²) in [7, 11) is -3.50. The van der Waals surface area contributed by atoms with Crippen LogP contribution in [0.5, 0.6) is 0 Å². The van der Waals surface area contributed by atoms with Gasteiger partial charge in [0.15, 0.2) is 0 Å². The first-order valence-corrected chi connectivity index (χ1v) is 7.90. The summed E-state index contributed by atoms with van der Waals surface area (Å²) in [4.78, 5) is 4.44. The number of H-pyrrole nitrogens is 1. The first-order chi connectivity index (χ1) is 9.50. The van der Waals surface area contributed by atoms with Crippen LogP contribution in [0.4, 0.5) is 0 Å². The van der Waals surface area contributed by atoms with Gasteiger partial charge in [-0.05, 0) is 38.8 Å². The van der Waals surface area contributed by atoms with Crippen molar-refractivity contribution in [1.82, 2.24) is 19.9 Å². The normalized spacial score (nSPS) is 11.7. The number of aromatic nitrogens is 3. The van der Waals surface area contributed by atoms with E-state index in [1.54, 1.807) is 20.0 Å². The summed E-state index contributed by atoms with van der Waals surface area (Å²) in [6.45, 7) is 3.75. The van der Waals surface area contributed by atoms with Crippen LogP contribution in [0.1, 0.15) is 23.5 Å². The second-order valence-corrected chi connectivity index (χ2v) is 6.29. The van der Waals surface area contributed by atoms with Crippen LogP contribution in [0.2, 0.25) is 0 Å². The number of hydrogen-bond donors (Lipinski definition) is 2. The Balaban J connectivity index is 1.91. The van der Waals surface area contributed by atoms with Crippen molar-refractivity contribution in [2.45, 2.75) is 31.6 Å². The standard InChI is InChI=1S/C13H18N4O2S/c1-10-13(11(2)17-16-10)20(18,19)15-9-5-7-12-6-3-4-8-14-12/h3-4,6,8,15H,5,7,9H2,1-2H3,(H,16,17). The lowest BCUT2D eigenvalue weighted by atomic mass is 10.2. The quantitative estimate of drug-likeness (QED) is 0.787. The third-order valence-corrected chi connectivity index (χ3v) is 4.68. The first kappa shape index (κ1) is 14.7. The molecule has 2 N–H and O–H groups in total. The van der Waals surface area contributed by atoms with Crippen molar-refractivity contribution in [3.05, 3.63) is 41.5 Å². The highest BCUT2D eigenvalue weighted by Crippen LogP contribution is 2.16. The topological polar surface area (TPSA) is 87.7 Å². The maximum Gasteiger partial charge on any atom is 0.244 e. The van der Waals surface area contributed by atoms with Crippen LogP contribution in [0.15, 0.2) is 29.3 Å². The Kier molecular flexibility index (Phi) is 4.51. The van der Waals surface area contributed by atoms with Crippen LogP contribution in [0.25, 0.3) is 0 Å².